The van der Waals surface area contributed by atoms with Crippen LogP contribution < -0.4 is 5.32 Å². The molecule has 0 aromatic heterocycles. The van der Waals surface area contributed by atoms with E-state index in [0.29, 0.717) is 6.42 Å². The minimum Gasteiger partial charge on any atom is -0.481 e. The third kappa shape index (κ3) is 5.29. The first kappa shape index (κ1) is 12.6. The lowest BCUT2D eigenvalue weighted by atomic mass is 10.1. The normalized spacial score (nSPS) is 11.9. The van der Waals surface area contributed by atoms with Crippen LogP contribution in [0, 0.1) is 5.92 Å². The van der Waals surface area contributed by atoms with Crippen molar-refractivity contribution in [3.8, 4) is 0 Å². The molecule has 1 amide bonds. The molecule has 5 nitrogen and oxygen atoms in total. The molecule has 0 saturated carbocycles. The molecule has 0 fully saturated rings. The summed E-state index contributed by atoms with van der Waals surface area (Å²) in [5, 5.41) is 10.8. The molecule has 0 heterocycles. The Kier molecular flexibility index (Phi) is 5.52. The summed E-state index contributed by atoms with van der Waals surface area (Å²) >= 11 is 0. The smallest absolute Gasteiger partial charge is 0.304 e. The highest BCUT2D eigenvalue weighted by molar-refractivity contribution is 5.88. The van der Waals surface area contributed by atoms with Crippen LogP contribution >= 0.6 is 0 Å². The average molecular weight is 201 g/mol. The Labute approximate surface area is 82.5 Å². The molecule has 0 aliphatic heterocycles. The van der Waals surface area contributed by atoms with Gasteiger partial charge in [-0.3, -0.25) is 14.4 Å². The average Bonchev–Trinajstić information content (AvgIpc) is 2.12. The van der Waals surface area contributed by atoms with Crippen molar-refractivity contribution in [1.82, 2.24) is 5.32 Å². The Bertz CT molecular complexity index is 237. The van der Waals surface area contributed by atoms with Crippen molar-refractivity contribution in [2.45, 2.75) is 26.7 Å². The van der Waals surface area contributed by atoms with E-state index in [1.54, 1.807) is 6.92 Å². The molecule has 0 aliphatic carbocycles. The van der Waals surface area contributed by atoms with Gasteiger partial charge >= 0.3 is 5.97 Å². The van der Waals surface area contributed by atoms with Gasteiger partial charge in [0.15, 0.2) is 5.78 Å². The zero-order valence-electron chi connectivity index (χ0n) is 8.37. The van der Waals surface area contributed by atoms with Gasteiger partial charge < -0.3 is 10.4 Å². The molecule has 0 bridgehead atoms. The second kappa shape index (κ2) is 6.12. The molecule has 0 spiro atoms. The molecule has 5 heteroatoms. The van der Waals surface area contributed by atoms with Crippen LogP contribution in [0.5, 0.6) is 0 Å². The van der Waals surface area contributed by atoms with Crippen LogP contribution in [-0.2, 0) is 14.4 Å². The highest BCUT2D eigenvalue weighted by atomic mass is 16.4. The number of Topliss-reactive ketones (excluding diaryl/α,β-unsaturated/α-hetero) is 1. The van der Waals surface area contributed by atoms with Crippen molar-refractivity contribution in [2.24, 2.45) is 5.92 Å². The molecule has 80 valence electrons. The summed E-state index contributed by atoms with van der Waals surface area (Å²) in [4.78, 5) is 32.3. The molecule has 0 aromatic rings. The topological polar surface area (TPSA) is 83.5 Å². The first-order chi connectivity index (χ1) is 6.47. The highest BCUT2D eigenvalue weighted by Gasteiger charge is 2.16. The summed E-state index contributed by atoms with van der Waals surface area (Å²) in [5.74, 6) is -2.08. The van der Waals surface area contributed by atoms with Gasteiger partial charge in [-0.1, -0.05) is 13.8 Å². The van der Waals surface area contributed by atoms with Gasteiger partial charge in [-0.2, -0.15) is 0 Å². The fourth-order valence-electron chi connectivity index (χ4n) is 0.840. The molecular formula is C9H15NO4. The largest absolute Gasteiger partial charge is 0.481 e. The van der Waals surface area contributed by atoms with Crippen molar-refractivity contribution in [1.29, 1.82) is 0 Å². The van der Waals surface area contributed by atoms with E-state index >= 15 is 0 Å². The summed E-state index contributed by atoms with van der Waals surface area (Å²) in [6.07, 6.45) is 0.153. The summed E-state index contributed by atoms with van der Waals surface area (Å²) < 4.78 is 0. The number of nitrogens with one attached hydrogen (secondary N) is 1. The SMILES string of the molecule is CCC(=O)CNC(=O)C(C)CC(=O)O. The van der Waals surface area contributed by atoms with Crippen LogP contribution in [0.25, 0.3) is 0 Å². The van der Waals surface area contributed by atoms with Crippen LogP contribution in [0.4, 0.5) is 0 Å². The fraction of sp³-hybridized carbons (Fsp3) is 0.667. The Morgan fingerprint density at radius 2 is 1.93 bits per heavy atom. The van der Waals surface area contributed by atoms with Gasteiger partial charge in [-0.15, -0.1) is 0 Å². The number of hydrogen-bond acceptors (Lipinski definition) is 3. The zero-order chi connectivity index (χ0) is 11.1. The van der Waals surface area contributed by atoms with Crippen molar-refractivity contribution in [3.63, 3.8) is 0 Å². The van der Waals surface area contributed by atoms with E-state index in [2.05, 4.69) is 5.32 Å². The molecule has 0 aromatic carbocycles. The van der Waals surface area contributed by atoms with Crippen LogP contribution in [0.1, 0.15) is 26.7 Å². The number of hydrogen-bond donors (Lipinski definition) is 2. The van der Waals surface area contributed by atoms with E-state index in [0.717, 1.165) is 0 Å². The lowest BCUT2D eigenvalue weighted by molar-refractivity contribution is -0.140. The number of rotatable bonds is 6. The van der Waals surface area contributed by atoms with Crippen LogP contribution in [0.2, 0.25) is 0 Å². The number of carboxylic acid groups (broad SMARTS) is 1. The number of ketones is 1. The van der Waals surface area contributed by atoms with Gasteiger partial charge in [0.2, 0.25) is 5.91 Å². The maximum absolute atomic E-state index is 11.2. The van der Waals surface area contributed by atoms with Gasteiger partial charge in [0, 0.05) is 12.3 Å². The van der Waals surface area contributed by atoms with E-state index in [1.165, 1.54) is 6.92 Å². The van der Waals surface area contributed by atoms with E-state index < -0.39 is 17.8 Å². The Balaban J connectivity index is 3.84. The van der Waals surface area contributed by atoms with Gasteiger partial charge in [0.1, 0.15) is 0 Å². The summed E-state index contributed by atoms with van der Waals surface area (Å²) in [7, 11) is 0. The predicted molar refractivity (Wildman–Crippen MR) is 49.7 cm³/mol. The number of carbonyl (C=O) groups is 3. The summed E-state index contributed by atoms with van der Waals surface area (Å²) in [6, 6.07) is 0. The van der Waals surface area contributed by atoms with Crippen molar-refractivity contribution >= 4 is 17.7 Å². The van der Waals surface area contributed by atoms with Gasteiger partial charge in [-0.05, 0) is 0 Å². The summed E-state index contributed by atoms with van der Waals surface area (Å²) in [5.41, 5.74) is 0. The van der Waals surface area contributed by atoms with Crippen molar-refractivity contribution in [2.75, 3.05) is 6.54 Å². The van der Waals surface area contributed by atoms with Crippen molar-refractivity contribution < 1.29 is 19.5 Å². The maximum Gasteiger partial charge on any atom is 0.304 e. The molecule has 2 N–H and O–H groups in total. The quantitative estimate of drug-likeness (QED) is 0.642. The third-order valence-corrected chi connectivity index (χ3v) is 1.78. The first-order valence-electron chi connectivity index (χ1n) is 4.48. The maximum atomic E-state index is 11.2. The lowest BCUT2D eigenvalue weighted by Crippen LogP contribution is -2.34. The molecule has 1 atom stereocenters. The zero-order valence-corrected chi connectivity index (χ0v) is 8.37. The Morgan fingerprint density at radius 1 is 1.36 bits per heavy atom. The summed E-state index contributed by atoms with van der Waals surface area (Å²) in [6.45, 7) is 3.20. The van der Waals surface area contributed by atoms with Crippen LogP contribution in [0.3, 0.4) is 0 Å². The number of carbonyl (C=O) groups excluding carboxylic acids is 2. The molecular weight excluding hydrogens is 186 g/mol. The van der Waals surface area contributed by atoms with Crippen LogP contribution in [-0.4, -0.2) is 29.3 Å². The third-order valence-electron chi connectivity index (χ3n) is 1.78. The van der Waals surface area contributed by atoms with Gasteiger partial charge in [0.05, 0.1) is 13.0 Å². The van der Waals surface area contributed by atoms with E-state index in [9.17, 15) is 14.4 Å². The Hall–Kier alpha value is -1.39. The van der Waals surface area contributed by atoms with E-state index in [-0.39, 0.29) is 18.7 Å². The van der Waals surface area contributed by atoms with Crippen LogP contribution in [0.15, 0.2) is 0 Å². The molecule has 0 radical (unpaired) electrons. The number of carboxylic acids is 1. The number of amides is 1. The van der Waals surface area contributed by atoms with Crippen molar-refractivity contribution in [3.05, 3.63) is 0 Å². The minimum absolute atomic E-state index is 0.0146. The first-order valence-corrected chi connectivity index (χ1v) is 4.48. The standard InChI is InChI=1S/C9H15NO4/c1-3-7(11)5-10-9(14)6(2)4-8(12)13/h6H,3-5H2,1-2H3,(H,10,14)(H,12,13). The molecule has 0 rings (SSSR count). The monoisotopic (exact) mass is 201 g/mol. The lowest BCUT2D eigenvalue weighted by Gasteiger charge is -2.08. The minimum atomic E-state index is -1.02. The second-order valence-electron chi connectivity index (χ2n) is 3.11. The molecule has 0 aliphatic rings. The van der Waals surface area contributed by atoms with Gasteiger partial charge in [0.25, 0.3) is 0 Å². The van der Waals surface area contributed by atoms with E-state index in [1.807, 2.05) is 0 Å². The molecule has 14 heavy (non-hydrogen) atoms. The molecule has 0 saturated heterocycles. The van der Waals surface area contributed by atoms with E-state index in [4.69, 9.17) is 5.11 Å². The van der Waals surface area contributed by atoms with Gasteiger partial charge in [-0.25, -0.2) is 0 Å². The fourth-order valence-corrected chi connectivity index (χ4v) is 0.840. The second-order valence-corrected chi connectivity index (χ2v) is 3.11. The Morgan fingerprint density at radius 3 is 2.36 bits per heavy atom. The number of aliphatic carboxylic acids is 1. The highest BCUT2D eigenvalue weighted by Crippen LogP contribution is 2.00. The predicted octanol–water partition coefficient (Wildman–Crippen LogP) is 0.192. The molecule has 1 unspecified atom stereocenters.